The Kier molecular flexibility index (Phi) is 4.13. The molecule has 0 unspecified atom stereocenters. The van der Waals surface area contributed by atoms with Crippen LogP contribution in [0.2, 0.25) is 0 Å². The quantitative estimate of drug-likeness (QED) is 0.430. The zero-order valence-electron chi connectivity index (χ0n) is 17.7. The van der Waals surface area contributed by atoms with Crippen molar-refractivity contribution in [3.8, 4) is 11.1 Å². The number of carbonyl (C=O) groups excluding carboxylic acids is 2. The largest absolute Gasteiger partial charge is 0.464 e. The second-order valence-electron chi connectivity index (χ2n) is 8.45. The van der Waals surface area contributed by atoms with Gasteiger partial charge in [0.05, 0.1) is 24.2 Å². The molecule has 6 nitrogen and oxygen atoms in total. The highest BCUT2D eigenvalue weighted by Gasteiger charge is 2.35. The van der Waals surface area contributed by atoms with Crippen LogP contribution in [0.1, 0.15) is 39.5 Å². The number of ether oxygens (including phenoxy) is 1. The van der Waals surface area contributed by atoms with Gasteiger partial charge in [-0.2, -0.15) is 0 Å². The minimum absolute atomic E-state index is 0.0334. The number of nitrogens with zero attached hydrogens (tertiary/aromatic N) is 1. The molecule has 2 heterocycles. The summed E-state index contributed by atoms with van der Waals surface area (Å²) in [5, 5.41) is 14.9. The van der Waals surface area contributed by atoms with E-state index < -0.39 is 0 Å². The number of aliphatic hydroxyl groups is 1. The number of aromatic nitrogens is 1. The lowest BCUT2D eigenvalue weighted by Crippen LogP contribution is -2.13. The predicted octanol–water partition coefficient (Wildman–Crippen LogP) is 3.66. The standard InChI is InChI=1S/C26H22N2O4/c1-14(30)32-9-8-28-21-7-6-15(13-29)10-18(21)23-20-12-27-26(31)24(20)22-17-5-3-2-4-16(17)11-19(22)25(23)28/h2-7,10,29H,8-9,11-13H2,1H3,(H,27,31). The molecule has 0 saturated carbocycles. The first-order chi connectivity index (χ1) is 15.6. The lowest BCUT2D eigenvalue weighted by atomic mass is 9.92. The van der Waals surface area contributed by atoms with Crippen molar-refractivity contribution in [3.63, 3.8) is 0 Å². The maximum Gasteiger partial charge on any atom is 0.302 e. The molecule has 0 saturated heterocycles. The maximum atomic E-state index is 13.0. The Balaban J connectivity index is 1.74. The lowest BCUT2D eigenvalue weighted by Gasteiger charge is -2.13. The Morgan fingerprint density at radius 1 is 1.16 bits per heavy atom. The number of aliphatic hydroxyl groups excluding tert-OH is 1. The van der Waals surface area contributed by atoms with Gasteiger partial charge in [0.25, 0.3) is 5.91 Å². The van der Waals surface area contributed by atoms with Gasteiger partial charge in [-0.3, -0.25) is 9.59 Å². The minimum Gasteiger partial charge on any atom is -0.464 e. The van der Waals surface area contributed by atoms with Crippen LogP contribution < -0.4 is 5.32 Å². The zero-order valence-corrected chi connectivity index (χ0v) is 17.7. The molecule has 1 amide bonds. The summed E-state index contributed by atoms with van der Waals surface area (Å²) in [5.41, 5.74) is 9.19. The van der Waals surface area contributed by atoms with E-state index in [9.17, 15) is 14.7 Å². The van der Waals surface area contributed by atoms with E-state index in [0.29, 0.717) is 13.1 Å². The summed E-state index contributed by atoms with van der Waals surface area (Å²) >= 11 is 0. The molecule has 1 aliphatic carbocycles. The number of esters is 1. The van der Waals surface area contributed by atoms with Crippen molar-refractivity contribution < 1.29 is 19.4 Å². The highest BCUT2D eigenvalue weighted by molar-refractivity contribution is 6.20. The molecule has 2 N–H and O–H groups in total. The summed E-state index contributed by atoms with van der Waals surface area (Å²) in [6.07, 6.45) is 0.749. The van der Waals surface area contributed by atoms with Crippen molar-refractivity contribution >= 4 is 33.7 Å². The van der Waals surface area contributed by atoms with E-state index in [4.69, 9.17) is 4.74 Å². The number of carbonyl (C=O) groups is 2. The highest BCUT2D eigenvalue weighted by Crippen LogP contribution is 2.48. The van der Waals surface area contributed by atoms with Gasteiger partial charge >= 0.3 is 5.97 Å². The van der Waals surface area contributed by atoms with Crippen LogP contribution in [0.15, 0.2) is 42.5 Å². The van der Waals surface area contributed by atoms with Gasteiger partial charge < -0.3 is 19.7 Å². The number of rotatable bonds is 4. The van der Waals surface area contributed by atoms with Gasteiger partial charge in [-0.05, 0) is 39.9 Å². The molecular weight excluding hydrogens is 404 g/mol. The first kappa shape index (κ1) is 19.1. The molecule has 0 fully saturated rings. The highest BCUT2D eigenvalue weighted by atomic mass is 16.5. The third-order valence-electron chi connectivity index (χ3n) is 6.68. The third kappa shape index (κ3) is 2.56. The van der Waals surface area contributed by atoms with Crippen molar-refractivity contribution in [3.05, 3.63) is 70.3 Å². The third-order valence-corrected chi connectivity index (χ3v) is 6.68. The fourth-order valence-electron chi connectivity index (χ4n) is 5.44. The first-order valence-electron chi connectivity index (χ1n) is 10.8. The van der Waals surface area contributed by atoms with E-state index in [-0.39, 0.29) is 25.1 Å². The van der Waals surface area contributed by atoms with Gasteiger partial charge in [0.15, 0.2) is 0 Å². The van der Waals surface area contributed by atoms with Gasteiger partial charge in [-0.25, -0.2) is 0 Å². The van der Waals surface area contributed by atoms with Gasteiger partial charge in [0.1, 0.15) is 6.61 Å². The summed E-state index contributed by atoms with van der Waals surface area (Å²) in [7, 11) is 0. The van der Waals surface area contributed by atoms with Gasteiger partial charge in [0, 0.05) is 41.7 Å². The number of hydrogen-bond donors (Lipinski definition) is 2. The number of amides is 1. The van der Waals surface area contributed by atoms with Crippen molar-refractivity contribution in [1.82, 2.24) is 9.88 Å². The average molecular weight is 426 g/mol. The Hall–Kier alpha value is -3.64. The second kappa shape index (κ2) is 6.93. The molecule has 6 rings (SSSR count). The van der Waals surface area contributed by atoms with E-state index in [0.717, 1.165) is 61.6 Å². The van der Waals surface area contributed by atoms with Crippen molar-refractivity contribution in [2.75, 3.05) is 6.61 Å². The van der Waals surface area contributed by atoms with Crippen molar-refractivity contribution in [1.29, 1.82) is 0 Å². The summed E-state index contributed by atoms with van der Waals surface area (Å²) in [5.74, 6) is -0.337. The smallest absolute Gasteiger partial charge is 0.302 e. The predicted molar refractivity (Wildman–Crippen MR) is 121 cm³/mol. The summed E-state index contributed by atoms with van der Waals surface area (Å²) in [4.78, 5) is 24.4. The van der Waals surface area contributed by atoms with Crippen LogP contribution in [0.4, 0.5) is 0 Å². The molecule has 0 atom stereocenters. The summed E-state index contributed by atoms with van der Waals surface area (Å²) in [6, 6.07) is 14.2. The van der Waals surface area contributed by atoms with Crippen LogP contribution in [0, 0.1) is 0 Å². The van der Waals surface area contributed by atoms with Gasteiger partial charge in [-0.15, -0.1) is 0 Å². The molecule has 32 heavy (non-hydrogen) atoms. The molecule has 4 aromatic rings. The Labute approximate surface area is 184 Å². The van der Waals surface area contributed by atoms with Crippen LogP contribution in [-0.4, -0.2) is 28.2 Å². The molecule has 0 spiro atoms. The number of nitrogens with one attached hydrogen (secondary N) is 1. The molecular formula is C26H22N2O4. The van der Waals surface area contributed by atoms with Crippen molar-refractivity contribution in [2.24, 2.45) is 0 Å². The van der Waals surface area contributed by atoms with E-state index in [1.165, 1.54) is 12.5 Å². The van der Waals surface area contributed by atoms with E-state index in [2.05, 4.69) is 22.0 Å². The Morgan fingerprint density at radius 2 is 2.00 bits per heavy atom. The van der Waals surface area contributed by atoms with E-state index in [1.54, 1.807) is 0 Å². The first-order valence-corrected chi connectivity index (χ1v) is 10.8. The van der Waals surface area contributed by atoms with Crippen LogP contribution in [0.3, 0.4) is 0 Å². The van der Waals surface area contributed by atoms with Crippen LogP contribution >= 0.6 is 0 Å². The maximum absolute atomic E-state index is 13.0. The fraction of sp³-hybridized carbons (Fsp3) is 0.231. The Bertz CT molecular complexity index is 1460. The van der Waals surface area contributed by atoms with Gasteiger partial charge in [-0.1, -0.05) is 30.3 Å². The lowest BCUT2D eigenvalue weighted by molar-refractivity contribution is -0.141. The van der Waals surface area contributed by atoms with Crippen molar-refractivity contribution in [2.45, 2.75) is 33.0 Å². The SMILES string of the molecule is CC(=O)OCCn1c2ccc(CO)cc2c2c3c(c4c(c21)Cc1ccccc1-4)C(=O)NC3. The molecule has 1 aromatic heterocycles. The second-order valence-corrected chi connectivity index (χ2v) is 8.45. The topological polar surface area (TPSA) is 80.6 Å². The van der Waals surface area contributed by atoms with Crippen LogP contribution in [0.25, 0.3) is 32.9 Å². The summed E-state index contributed by atoms with van der Waals surface area (Å²) < 4.78 is 7.49. The molecule has 0 bridgehead atoms. The fourth-order valence-corrected chi connectivity index (χ4v) is 5.44. The van der Waals surface area contributed by atoms with E-state index >= 15 is 0 Å². The number of benzene rings is 3. The summed E-state index contributed by atoms with van der Waals surface area (Å²) in [6.45, 7) is 2.63. The molecule has 2 aliphatic rings. The van der Waals surface area contributed by atoms with E-state index in [1.807, 2.05) is 30.3 Å². The minimum atomic E-state index is -0.304. The normalized spacial score (nSPS) is 13.9. The molecule has 6 heteroatoms. The molecule has 160 valence electrons. The number of hydrogen-bond acceptors (Lipinski definition) is 4. The number of fused-ring (bicyclic) bond motifs is 10. The van der Waals surface area contributed by atoms with Crippen LogP contribution in [0.5, 0.6) is 0 Å². The zero-order chi connectivity index (χ0) is 22.0. The van der Waals surface area contributed by atoms with Gasteiger partial charge in [0.2, 0.25) is 0 Å². The Morgan fingerprint density at radius 3 is 2.81 bits per heavy atom. The molecule has 0 radical (unpaired) electrons. The van der Waals surface area contributed by atoms with Crippen LogP contribution in [-0.2, 0) is 35.6 Å². The molecule has 3 aromatic carbocycles. The average Bonchev–Trinajstić information content (AvgIpc) is 3.45. The monoisotopic (exact) mass is 426 g/mol. The molecule has 1 aliphatic heterocycles.